The number of urea groups is 1. The minimum atomic E-state index is -0.632. The lowest BCUT2D eigenvalue weighted by Gasteiger charge is -2.12. The molecule has 0 atom stereocenters. The Bertz CT molecular complexity index is 1330. The van der Waals surface area contributed by atoms with Crippen molar-refractivity contribution in [2.75, 3.05) is 11.9 Å². The molecule has 184 valence electrons. The Morgan fingerprint density at radius 1 is 1.00 bits per heavy atom. The van der Waals surface area contributed by atoms with Crippen molar-refractivity contribution in [2.24, 2.45) is 0 Å². The number of aryl methyl sites for hydroxylation is 1. The van der Waals surface area contributed by atoms with E-state index < -0.39 is 17.8 Å². The average Bonchev–Trinajstić information content (AvgIpc) is 3.08. The number of ether oxygens (including phenoxy) is 1. The summed E-state index contributed by atoms with van der Waals surface area (Å²) in [5.41, 5.74) is 3.58. The molecule has 0 radical (unpaired) electrons. The van der Waals surface area contributed by atoms with Crippen LogP contribution in [0, 0.1) is 17.6 Å². The highest BCUT2D eigenvalue weighted by molar-refractivity contribution is 14.1. The second-order valence-corrected chi connectivity index (χ2v) is 11.6. The van der Waals surface area contributed by atoms with Crippen molar-refractivity contribution >= 4 is 97.4 Å². The second-order valence-electron chi connectivity index (χ2n) is 8.02. The minimum absolute atomic E-state index is 0.113. The van der Waals surface area contributed by atoms with E-state index in [9.17, 15) is 14.4 Å². The summed E-state index contributed by atoms with van der Waals surface area (Å²) < 4.78 is 8.96. The molecule has 4 amide bonds. The Kier molecular flexibility index (Phi) is 8.87. The summed E-state index contributed by atoms with van der Waals surface area (Å²) in [5, 5.41) is 5.27. The molecule has 7 nitrogen and oxygen atoms in total. The molecule has 1 aliphatic rings. The third kappa shape index (κ3) is 6.76. The van der Waals surface area contributed by atoms with Crippen LogP contribution in [0.3, 0.4) is 0 Å². The Labute approximate surface area is 249 Å². The Morgan fingerprint density at radius 3 is 2.28 bits per heavy atom. The van der Waals surface area contributed by atoms with E-state index in [4.69, 9.17) is 4.74 Å². The highest BCUT2D eigenvalue weighted by Gasteiger charge is 2.35. The molecule has 1 saturated heterocycles. The summed E-state index contributed by atoms with van der Waals surface area (Å²) in [6.07, 6.45) is 1.60. The molecule has 10 heteroatoms. The third-order valence-electron chi connectivity index (χ3n) is 5.23. The van der Waals surface area contributed by atoms with Gasteiger partial charge in [0.05, 0.1) is 7.14 Å². The fourth-order valence-corrected chi connectivity index (χ4v) is 5.89. The molecule has 0 spiro atoms. The van der Waals surface area contributed by atoms with Gasteiger partial charge in [-0.3, -0.25) is 9.59 Å². The van der Waals surface area contributed by atoms with Gasteiger partial charge in [-0.05, 0) is 128 Å². The van der Waals surface area contributed by atoms with Gasteiger partial charge in [-0.1, -0.05) is 29.8 Å². The number of hydrogen-bond donors (Lipinski definition) is 2. The normalized spacial score (nSPS) is 14.2. The number of carbonyl (C=O) groups excluding carboxylic acids is 3. The molecule has 0 saturated carbocycles. The first-order valence-electron chi connectivity index (χ1n) is 10.8. The van der Waals surface area contributed by atoms with Crippen molar-refractivity contribution in [2.45, 2.75) is 13.5 Å². The zero-order chi connectivity index (χ0) is 25.8. The first kappa shape index (κ1) is 26.9. The van der Waals surface area contributed by atoms with E-state index in [-0.39, 0.29) is 12.2 Å². The Balaban J connectivity index is 1.43. The maximum atomic E-state index is 12.8. The molecular weight excluding hydrogens is 799 g/mol. The lowest BCUT2D eigenvalue weighted by atomic mass is 10.2. The average molecular weight is 819 g/mol. The Hall–Kier alpha value is -2.20. The molecule has 4 rings (SSSR count). The first-order valence-corrected chi connectivity index (χ1v) is 14.0. The highest BCUT2D eigenvalue weighted by atomic mass is 127. The molecule has 0 bridgehead atoms. The van der Waals surface area contributed by atoms with Crippen LogP contribution in [-0.4, -0.2) is 29.3 Å². The van der Waals surface area contributed by atoms with Crippen LogP contribution in [0.15, 0.2) is 66.4 Å². The van der Waals surface area contributed by atoms with Crippen molar-refractivity contribution < 1.29 is 19.1 Å². The minimum Gasteiger partial charge on any atom is -0.487 e. The van der Waals surface area contributed by atoms with Crippen LogP contribution in [0.25, 0.3) is 6.08 Å². The van der Waals surface area contributed by atoms with Gasteiger partial charge in [0.25, 0.3) is 5.91 Å². The van der Waals surface area contributed by atoms with E-state index in [0.717, 1.165) is 38.1 Å². The second kappa shape index (κ2) is 11.9. The van der Waals surface area contributed by atoms with E-state index in [0.29, 0.717) is 12.3 Å². The van der Waals surface area contributed by atoms with Crippen LogP contribution >= 0.6 is 67.8 Å². The highest BCUT2D eigenvalue weighted by Crippen LogP contribution is 2.31. The summed E-state index contributed by atoms with van der Waals surface area (Å²) in [5.74, 6) is -0.251. The molecular formula is C26H20I3N3O4. The number of carbonyl (C=O) groups is 3. The van der Waals surface area contributed by atoms with Crippen molar-refractivity contribution in [3.63, 3.8) is 0 Å². The topological polar surface area (TPSA) is 87.7 Å². The van der Waals surface area contributed by atoms with Gasteiger partial charge in [-0.25, -0.2) is 9.69 Å². The van der Waals surface area contributed by atoms with E-state index in [1.54, 1.807) is 18.2 Å². The molecule has 2 N–H and O–H groups in total. The number of nitrogens with one attached hydrogen (secondary N) is 2. The monoisotopic (exact) mass is 819 g/mol. The summed E-state index contributed by atoms with van der Waals surface area (Å²) >= 11 is 6.65. The van der Waals surface area contributed by atoms with Crippen molar-refractivity contribution in [3.8, 4) is 5.75 Å². The van der Waals surface area contributed by atoms with Crippen LogP contribution in [0.4, 0.5) is 10.5 Å². The van der Waals surface area contributed by atoms with Gasteiger partial charge < -0.3 is 15.4 Å². The van der Waals surface area contributed by atoms with Crippen molar-refractivity contribution in [1.82, 2.24) is 10.2 Å². The van der Waals surface area contributed by atoms with Gasteiger partial charge in [0.1, 0.15) is 24.6 Å². The van der Waals surface area contributed by atoms with Gasteiger partial charge in [0.2, 0.25) is 5.91 Å². The molecule has 0 aromatic heterocycles. The number of amides is 4. The number of rotatable bonds is 7. The number of hydrogen-bond acceptors (Lipinski definition) is 4. The number of imide groups is 1. The van der Waals surface area contributed by atoms with Crippen LogP contribution in [0.5, 0.6) is 5.75 Å². The van der Waals surface area contributed by atoms with E-state index >= 15 is 0 Å². The van der Waals surface area contributed by atoms with E-state index in [1.807, 2.05) is 55.5 Å². The largest absolute Gasteiger partial charge is 0.487 e. The van der Waals surface area contributed by atoms with Crippen LogP contribution in [0.1, 0.15) is 16.7 Å². The molecule has 0 unspecified atom stereocenters. The Morgan fingerprint density at radius 2 is 1.64 bits per heavy atom. The number of nitrogens with zero attached hydrogens (tertiary/aromatic N) is 1. The van der Waals surface area contributed by atoms with Crippen LogP contribution in [-0.2, 0) is 16.2 Å². The fourth-order valence-electron chi connectivity index (χ4n) is 3.40. The zero-order valence-corrected chi connectivity index (χ0v) is 25.5. The van der Waals surface area contributed by atoms with Gasteiger partial charge in [0, 0.05) is 9.26 Å². The maximum Gasteiger partial charge on any atom is 0.329 e. The summed E-state index contributed by atoms with van der Waals surface area (Å²) in [4.78, 5) is 38.5. The molecule has 3 aromatic carbocycles. The van der Waals surface area contributed by atoms with Gasteiger partial charge >= 0.3 is 6.03 Å². The summed E-state index contributed by atoms with van der Waals surface area (Å²) in [6.45, 7) is 2.01. The summed E-state index contributed by atoms with van der Waals surface area (Å²) in [7, 11) is 0. The van der Waals surface area contributed by atoms with E-state index in [1.165, 1.54) is 0 Å². The molecule has 1 heterocycles. The molecule has 1 aliphatic heterocycles. The van der Waals surface area contributed by atoms with Crippen molar-refractivity contribution in [1.29, 1.82) is 0 Å². The number of anilines is 1. The van der Waals surface area contributed by atoms with Gasteiger partial charge in [0.15, 0.2) is 0 Å². The van der Waals surface area contributed by atoms with E-state index in [2.05, 4.69) is 78.4 Å². The van der Waals surface area contributed by atoms with Crippen molar-refractivity contribution in [3.05, 3.63) is 93.8 Å². The molecule has 1 fully saturated rings. The van der Waals surface area contributed by atoms with Gasteiger partial charge in [-0.2, -0.15) is 0 Å². The zero-order valence-electron chi connectivity index (χ0n) is 19.0. The molecule has 36 heavy (non-hydrogen) atoms. The summed E-state index contributed by atoms with van der Waals surface area (Å²) in [6, 6.07) is 18.5. The smallest absolute Gasteiger partial charge is 0.329 e. The lowest BCUT2D eigenvalue weighted by Crippen LogP contribution is -2.38. The SMILES string of the molecule is Cc1ccc(NC(=O)CN2C(=O)N/C(=C/c3cc(I)c(OCc4ccc(I)cc4)c(I)c3)C2=O)cc1. The maximum absolute atomic E-state index is 12.8. The number of benzene rings is 3. The predicted molar refractivity (Wildman–Crippen MR) is 163 cm³/mol. The predicted octanol–water partition coefficient (Wildman–Crippen LogP) is 5.92. The third-order valence-corrected chi connectivity index (χ3v) is 7.55. The standard InChI is InChI=1S/C26H20I3N3O4/c1-15-2-8-19(9-3-15)30-23(33)13-32-25(34)22(31-26(32)35)12-17-10-20(28)24(21(29)11-17)36-14-16-4-6-18(27)7-5-16/h2-12H,13-14H2,1H3,(H,30,33)(H,31,35)/b22-12+. The molecule has 3 aromatic rings. The number of halogens is 3. The quantitative estimate of drug-likeness (QED) is 0.176. The molecule has 0 aliphatic carbocycles. The lowest BCUT2D eigenvalue weighted by molar-refractivity contribution is -0.127. The van der Waals surface area contributed by atoms with Crippen LogP contribution in [0.2, 0.25) is 0 Å². The van der Waals surface area contributed by atoms with Gasteiger partial charge in [-0.15, -0.1) is 0 Å². The fraction of sp³-hybridized carbons (Fsp3) is 0.115. The first-order chi connectivity index (χ1) is 17.2. The van der Waals surface area contributed by atoms with Crippen LogP contribution < -0.4 is 15.4 Å².